The van der Waals surface area contributed by atoms with Gasteiger partial charge >= 0.3 is 0 Å². The highest BCUT2D eigenvalue weighted by atomic mass is 35.5. The van der Waals surface area contributed by atoms with E-state index in [9.17, 15) is 4.79 Å². The van der Waals surface area contributed by atoms with E-state index < -0.39 is 0 Å². The minimum absolute atomic E-state index is 0.176. The Morgan fingerprint density at radius 3 is 2.73 bits per heavy atom. The van der Waals surface area contributed by atoms with Gasteiger partial charge in [0.25, 0.3) is 5.91 Å². The van der Waals surface area contributed by atoms with Crippen molar-refractivity contribution >= 4 is 28.8 Å². The highest BCUT2D eigenvalue weighted by molar-refractivity contribution is 7.17. The van der Waals surface area contributed by atoms with Gasteiger partial charge in [0, 0.05) is 11.6 Å². The van der Waals surface area contributed by atoms with E-state index in [4.69, 9.17) is 16.1 Å². The molecule has 1 amide bonds. The second-order valence-corrected chi connectivity index (χ2v) is 6.55. The summed E-state index contributed by atoms with van der Waals surface area (Å²) in [6.07, 6.45) is 0. The average molecular weight is 333 g/mol. The number of halogens is 1. The van der Waals surface area contributed by atoms with Gasteiger partial charge in [0.2, 0.25) is 0 Å². The summed E-state index contributed by atoms with van der Waals surface area (Å²) < 4.78 is 5.84. The van der Waals surface area contributed by atoms with E-state index in [1.807, 2.05) is 37.3 Å². The SMILES string of the molecule is Cc1ccc(-c2cc(CNC(=O)c3ccc(Cl)s3)on2)cc1. The van der Waals surface area contributed by atoms with E-state index in [1.54, 1.807) is 12.1 Å². The monoisotopic (exact) mass is 332 g/mol. The van der Waals surface area contributed by atoms with Crippen LogP contribution < -0.4 is 5.32 Å². The number of rotatable bonds is 4. The number of nitrogens with one attached hydrogen (secondary N) is 1. The summed E-state index contributed by atoms with van der Waals surface area (Å²) in [5.74, 6) is 0.428. The number of amides is 1. The Morgan fingerprint density at radius 1 is 1.27 bits per heavy atom. The predicted molar refractivity (Wildman–Crippen MR) is 87.2 cm³/mol. The Kier molecular flexibility index (Phi) is 4.27. The van der Waals surface area contributed by atoms with Crippen LogP contribution in [-0.2, 0) is 6.54 Å². The van der Waals surface area contributed by atoms with E-state index in [1.165, 1.54) is 16.9 Å². The van der Waals surface area contributed by atoms with Gasteiger partial charge < -0.3 is 9.84 Å². The highest BCUT2D eigenvalue weighted by Gasteiger charge is 2.11. The zero-order valence-electron chi connectivity index (χ0n) is 11.8. The van der Waals surface area contributed by atoms with Gasteiger partial charge in [0.15, 0.2) is 5.76 Å². The summed E-state index contributed by atoms with van der Waals surface area (Å²) in [6.45, 7) is 2.32. The van der Waals surface area contributed by atoms with Gasteiger partial charge in [-0.15, -0.1) is 11.3 Å². The van der Waals surface area contributed by atoms with E-state index in [-0.39, 0.29) is 12.5 Å². The number of aryl methyl sites for hydroxylation is 1. The van der Waals surface area contributed by atoms with Crippen LogP contribution in [0, 0.1) is 6.92 Å². The van der Waals surface area contributed by atoms with Crippen molar-refractivity contribution < 1.29 is 9.32 Å². The first-order valence-electron chi connectivity index (χ1n) is 6.68. The van der Waals surface area contributed by atoms with E-state index >= 15 is 0 Å². The van der Waals surface area contributed by atoms with Gasteiger partial charge in [-0.3, -0.25) is 4.79 Å². The molecule has 2 aromatic heterocycles. The summed E-state index contributed by atoms with van der Waals surface area (Å²) in [5, 5.41) is 6.81. The fourth-order valence-electron chi connectivity index (χ4n) is 1.95. The number of carbonyl (C=O) groups is 1. The Morgan fingerprint density at radius 2 is 2.05 bits per heavy atom. The smallest absolute Gasteiger partial charge is 0.261 e. The third-order valence-electron chi connectivity index (χ3n) is 3.13. The molecule has 0 fully saturated rings. The lowest BCUT2D eigenvalue weighted by Crippen LogP contribution is -2.21. The Bertz CT molecular complexity index is 793. The number of nitrogens with zero attached hydrogens (tertiary/aromatic N) is 1. The number of carbonyl (C=O) groups excluding carboxylic acids is 1. The molecule has 3 rings (SSSR count). The molecular formula is C16H13ClN2O2S. The molecule has 112 valence electrons. The summed E-state index contributed by atoms with van der Waals surface area (Å²) in [6, 6.07) is 13.2. The number of aromatic nitrogens is 1. The fourth-order valence-corrected chi connectivity index (χ4v) is 2.91. The molecule has 0 saturated carbocycles. The maximum atomic E-state index is 11.9. The molecule has 6 heteroatoms. The van der Waals surface area contributed by atoms with Crippen molar-refractivity contribution in [2.24, 2.45) is 0 Å². The third kappa shape index (κ3) is 3.37. The minimum Gasteiger partial charge on any atom is -0.359 e. The van der Waals surface area contributed by atoms with Gasteiger partial charge in [-0.2, -0.15) is 0 Å². The van der Waals surface area contributed by atoms with Crippen LogP contribution in [-0.4, -0.2) is 11.1 Å². The van der Waals surface area contributed by atoms with Crippen molar-refractivity contribution in [2.75, 3.05) is 0 Å². The molecule has 0 spiro atoms. The molecule has 1 aromatic carbocycles. The Balaban J connectivity index is 1.64. The number of hydrogen-bond acceptors (Lipinski definition) is 4. The number of thiophene rings is 1. The maximum Gasteiger partial charge on any atom is 0.261 e. The molecule has 0 radical (unpaired) electrons. The van der Waals surface area contributed by atoms with Crippen LogP contribution in [0.2, 0.25) is 4.34 Å². The largest absolute Gasteiger partial charge is 0.359 e. The lowest BCUT2D eigenvalue weighted by molar-refractivity contribution is 0.0951. The molecule has 0 atom stereocenters. The van der Waals surface area contributed by atoms with Crippen LogP contribution in [0.15, 0.2) is 47.0 Å². The van der Waals surface area contributed by atoms with Crippen molar-refractivity contribution in [2.45, 2.75) is 13.5 Å². The average Bonchev–Trinajstić information content (AvgIpc) is 3.15. The summed E-state index contributed by atoms with van der Waals surface area (Å²) in [7, 11) is 0. The van der Waals surface area contributed by atoms with Gasteiger partial charge in [0.1, 0.15) is 5.69 Å². The lowest BCUT2D eigenvalue weighted by Gasteiger charge is -1.99. The molecule has 0 unspecified atom stereocenters. The normalized spacial score (nSPS) is 10.6. The van der Waals surface area contributed by atoms with Gasteiger partial charge in [-0.1, -0.05) is 46.6 Å². The first-order valence-corrected chi connectivity index (χ1v) is 7.87. The molecule has 0 aliphatic heterocycles. The molecule has 0 aliphatic rings. The van der Waals surface area contributed by atoms with Crippen LogP contribution >= 0.6 is 22.9 Å². The topological polar surface area (TPSA) is 55.1 Å². The number of benzene rings is 1. The quantitative estimate of drug-likeness (QED) is 0.775. The van der Waals surface area contributed by atoms with Gasteiger partial charge in [0.05, 0.1) is 15.8 Å². The molecule has 1 N–H and O–H groups in total. The molecule has 0 saturated heterocycles. The maximum absolute atomic E-state index is 11.9. The molecule has 0 bridgehead atoms. The van der Waals surface area contributed by atoms with Crippen molar-refractivity contribution in [1.29, 1.82) is 0 Å². The van der Waals surface area contributed by atoms with Crippen LogP contribution in [0.3, 0.4) is 0 Å². The zero-order valence-corrected chi connectivity index (χ0v) is 13.4. The molecular weight excluding hydrogens is 320 g/mol. The molecule has 4 nitrogen and oxygen atoms in total. The van der Waals surface area contributed by atoms with Crippen molar-refractivity contribution in [1.82, 2.24) is 10.5 Å². The second kappa shape index (κ2) is 6.34. The molecule has 0 aliphatic carbocycles. The summed E-state index contributed by atoms with van der Waals surface area (Å²) >= 11 is 7.06. The van der Waals surface area contributed by atoms with Crippen molar-refractivity contribution in [3.8, 4) is 11.3 Å². The van der Waals surface area contributed by atoms with Gasteiger partial charge in [-0.25, -0.2) is 0 Å². The van der Waals surface area contributed by atoms with Gasteiger partial charge in [-0.05, 0) is 19.1 Å². The first-order chi connectivity index (χ1) is 10.6. The molecule has 22 heavy (non-hydrogen) atoms. The van der Waals surface area contributed by atoms with Crippen LogP contribution in [0.25, 0.3) is 11.3 Å². The van der Waals surface area contributed by atoms with E-state index in [0.717, 1.165) is 11.3 Å². The Labute approximate surface area is 136 Å². The zero-order chi connectivity index (χ0) is 15.5. The van der Waals surface area contributed by atoms with Crippen LogP contribution in [0.1, 0.15) is 21.0 Å². The highest BCUT2D eigenvalue weighted by Crippen LogP contribution is 2.22. The summed E-state index contributed by atoms with van der Waals surface area (Å²) in [5.41, 5.74) is 2.93. The summed E-state index contributed by atoms with van der Waals surface area (Å²) in [4.78, 5) is 12.5. The standard InChI is InChI=1S/C16H13ClN2O2S/c1-10-2-4-11(5-3-10)13-8-12(21-19-13)9-18-16(20)14-6-7-15(17)22-14/h2-8H,9H2,1H3,(H,18,20). The second-order valence-electron chi connectivity index (χ2n) is 4.83. The third-order valence-corrected chi connectivity index (χ3v) is 4.36. The Hall–Kier alpha value is -2.11. The first kappa shape index (κ1) is 14.8. The molecule has 3 aromatic rings. The van der Waals surface area contributed by atoms with Crippen molar-refractivity contribution in [3.05, 3.63) is 63.0 Å². The predicted octanol–water partition coefficient (Wildman–Crippen LogP) is 4.29. The minimum atomic E-state index is -0.176. The van der Waals surface area contributed by atoms with Crippen LogP contribution in [0.4, 0.5) is 0 Å². The van der Waals surface area contributed by atoms with E-state index in [0.29, 0.717) is 15.0 Å². The van der Waals surface area contributed by atoms with Crippen molar-refractivity contribution in [3.63, 3.8) is 0 Å². The fraction of sp³-hybridized carbons (Fsp3) is 0.125. The number of hydrogen-bond donors (Lipinski definition) is 1. The van der Waals surface area contributed by atoms with Crippen LogP contribution in [0.5, 0.6) is 0 Å². The molecule has 2 heterocycles. The lowest BCUT2D eigenvalue weighted by atomic mass is 10.1. The van der Waals surface area contributed by atoms with E-state index in [2.05, 4.69) is 10.5 Å².